The Labute approximate surface area is 99.0 Å². The molecule has 86 valence electrons. The van der Waals surface area contributed by atoms with E-state index < -0.39 is 11.6 Å². The summed E-state index contributed by atoms with van der Waals surface area (Å²) < 4.78 is 30.9. The van der Waals surface area contributed by atoms with Gasteiger partial charge in [-0.05, 0) is 17.7 Å². The van der Waals surface area contributed by atoms with Crippen LogP contribution in [0.15, 0.2) is 28.9 Å². The smallest absolute Gasteiger partial charge is 0.203 e. The summed E-state index contributed by atoms with van der Waals surface area (Å²) in [7, 11) is 0. The van der Waals surface area contributed by atoms with E-state index in [9.17, 15) is 8.78 Å². The molecular weight excluding hydrogens is 250 g/mol. The van der Waals surface area contributed by atoms with E-state index in [1.807, 2.05) is 0 Å². The molecule has 0 radical (unpaired) electrons. The molecule has 1 aromatic carbocycles. The molecular formula is C11H5ClF2N2O. The summed E-state index contributed by atoms with van der Waals surface area (Å²) in [5.74, 6) is -1.46. The van der Waals surface area contributed by atoms with E-state index in [0.29, 0.717) is 22.4 Å². The predicted molar refractivity (Wildman–Crippen MR) is 58.7 cm³/mol. The Hall–Kier alpha value is -1.88. The van der Waals surface area contributed by atoms with E-state index in [-0.39, 0.29) is 5.22 Å². The molecule has 0 bridgehead atoms. The van der Waals surface area contributed by atoms with Crippen molar-refractivity contribution in [2.45, 2.75) is 0 Å². The maximum Gasteiger partial charge on any atom is 0.203 e. The first-order chi connectivity index (χ1) is 8.15. The molecule has 0 aliphatic carbocycles. The summed E-state index contributed by atoms with van der Waals surface area (Å²) in [6, 6.07) is 3.70. The highest BCUT2D eigenvalue weighted by Gasteiger charge is 2.13. The number of hydrogen-bond acceptors (Lipinski definition) is 2. The average Bonchev–Trinajstić information content (AvgIpc) is 2.85. The molecule has 0 fully saturated rings. The van der Waals surface area contributed by atoms with Crippen molar-refractivity contribution >= 4 is 22.6 Å². The molecule has 3 aromatic rings. The maximum absolute atomic E-state index is 13.0. The fourth-order valence-electron chi connectivity index (χ4n) is 1.60. The number of rotatable bonds is 1. The number of aromatic nitrogens is 2. The molecule has 0 spiro atoms. The normalized spacial score (nSPS) is 11.2. The molecule has 17 heavy (non-hydrogen) atoms. The second-order valence-electron chi connectivity index (χ2n) is 3.48. The van der Waals surface area contributed by atoms with E-state index >= 15 is 0 Å². The van der Waals surface area contributed by atoms with Crippen LogP contribution in [0.1, 0.15) is 0 Å². The number of nitrogens with one attached hydrogen (secondary N) is 1. The molecule has 0 saturated heterocycles. The van der Waals surface area contributed by atoms with E-state index in [1.165, 1.54) is 6.26 Å². The molecule has 0 aliphatic heterocycles. The second kappa shape index (κ2) is 3.56. The number of fused-ring (bicyclic) bond motifs is 1. The lowest BCUT2D eigenvalue weighted by Gasteiger charge is -1.90. The van der Waals surface area contributed by atoms with Gasteiger partial charge in [-0.3, -0.25) is 0 Å². The zero-order chi connectivity index (χ0) is 12.0. The molecule has 0 atom stereocenters. The Morgan fingerprint density at radius 3 is 2.71 bits per heavy atom. The highest BCUT2D eigenvalue weighted by molar-refractivity contribution is 6.31. The van der Waals surface area contributed by atoms with Crippen LogP contribution in [0.3, 0.4) is 0 Å². The third kappa shape index (κ3) is 1.59. The number of aromatic amines is 1. The average molecular weight is 255 g/mol. The minimum Gasteiger partial charge on any atom is -0.452 e. The van der Waals surface area contributed by atoms with Crippen molar-refractivity contribution < 1.29 is 13.2 Å². The van der Waals surface area contributed by atoms with Crippen molar-refractivity contribution in [3.8, 4) is 11.4 Å². The van der Waals surface area contributed by atoms with Crippen molar-refractivity contribution in [1.29, 1.82) is 0 Å². The minimum atomic E-state index is -0.936. The lowest BCUT2D eigenvalue weighted by Crippen LogP contribution is -1.82. The van der Waals surface area contributed by atoms with Gasteiger partial charge in [-0.2, -0.15) is 0 Å². The Bertz CT molecular complexity index is 666. The summed E-state index contributed by atoms with van der Waals surface area (Å²) in [5.41, 5.74) is 1.27. The number of halogens is 3. The van der Waals surface area contributed by atoms with Crippen molar-refractivity contribution in [1.82, 2.24) is 9.97 Å². The zero-order valence-electron chi connectivity index (χ0n) is 8.30. The summed E-state index contributed by atoms with van der Waals surface area (Å²) in [4.78, 5) is 6.96. The molecule has 0 saturated carbocycles. The van der Waals surface area contributed by atoms with Gasteiger partial charge in [0.2, 0.25) is 5.22 Å². The number of nitrogens with zero attached hydrogens (tertiary/aromatic N) is 1. The topological polar surface area (TPSA) is 41.8 Å². The molecule has 1 N–H and O–H groups in total. The first-order valence-corrected chi connectivity index (χ1v) is 5.11. The van der Waals surface area contributed by atoms with Gasteiger partial charge in [0.25, 0.3) is 0 Å². The summed E-state index contributed by atoms with van der Waals surface area (Å²) in [6.45, 7) is 0. The molecule has 0 amide bonds. The number of H-pyrrole nitrogens is 1. The number of benzene rings is 1. The van der Waals surface area contributed by atoms with E-state index in [1.54, 1.807) is 6.07 Å². The predicted octanol–water partition coefficient (Wildman–Crippen LogP) is 3.75. The van der Waals surface area contributed by atoms with Crippen molar-refractivity contribution in [3.05, 3.63) is 41.3 Å². The van der Waals surface area contributed by atoms with Crippen LogP contribution in [-0.2, 0) is 0 Å². The lowest BCUT2D eigenvalue weighted by molar-refractivity contribution is 0.510. The molecule has 2 heterocycles. The molecule has 2 aromatic heterocycles. The first-order valence-electron chi connectivity index (χ1n) is 4.73. The van der Waals surface area contributed by atoms with Gasteiger partial charge in [0, 0.05) is 12.1 Å². The van der Waals surface area contributed by atoms with Gasteiger partial charge in [0.05, 0.1) is 22.9 Å². The van der Waals surface area contributed by atoms with Crippen LogP contribution in [-0.4, -0.2) is 9.97 Å². The van der Waals surface area contributed by atoms with Gasteiger partial charge < -0.3 is 9.40 Å². The summed E-state index contributed by atoms with van der Waals surface area (Å²) >= 11 is 5.79. The summed E-state index contributed by atoms with van der Waals surface area (Å²) in [5, 5.41) is 0.171. The van der Waals surface area contributed by atoms with Gasteiger partial charge >= 0.3 is 0 Å². The van der Waals surface area contributed by atoms with Crippen LogP contribution < -0.4 is 0 Å². The number of imidazole rings is 1. The molecule has 0 unspecified atom stereocenters. The number of hydrogen-bond donors (Lipinski definition) is 1. The van der Waals surface area contributed by atoms with Gasteiger partial charge in [-0.1, -0.05) is 0 Å². The summed E-state index contributed by atoms with van der Waals surface area (Å²) in [6.07, 6.45) is 1.41. The SMILES string of the molecule is Fc1cc2nc(-c3ccoc3Cl)[nH]c2cc1F. The van der Waals surface area contributed by atoms with Crippen LogP contribution in [0.25, 0.3) is 22.4 Å². The van der Waals surface area contributed by atoms with E-state index in [0.717, 1.165) is 12.1 Å². The van der Waals surface area contributed by atoms with Gasteiger partial charge in [-0.15, -0.1) is 0 Å². The van der Waals surface area contributed by atoms with Crippen LogP contribution in [0, 0.1) is 11.6 Å². The third-order valence-electron chi connectivity index (χ3n) is 2.40. The fraction of sp³-hybridized carbons (Fsp3) is 0. The lowest BCUT2D eigenvalue weighted by atomic mass is 10.3. The largest absolute Gasteiger partial charge is 0.452 e. The van der Waals surface area contributed by atoms with Crippen LogP contribution in [0.5, 0.6) is 0 Å². The molecule has 3 rings (SSSR count). The van der Waals surface area contributed by atoms with Crippen LogP contribution in [0.2, 0.25) is 5.22 Å². The molecule has 6 heteroatoms. The van der Waals surface area contributed by atoms with Crippen LogP contribution in [0.4, 0.5) is 8.78 Å². The maximum atomic E-state index is 13.0. The minimum absolute atomic E-state index is 0.171. The zero-order valence-corrected chi connectivity index (χ0v) is 9.05. The number of furan rings is 1. The van der Waals surface area contributed by atoms with Crippen molar-refractivity contribution in [2.75, 3.05) is 0 Å². The highest BCUT2D eigenvalue weighted by Crippen LogP contribution is 2.28. The van der Waals surface area contributed by atoms with Gasteiger partial charge in [-0.25, -0.2) is 13.8 Å². The second-order valence-corrected chi connectivity index (χ2v) is 3.82. The van der Waals surface area contributed by atoms with E-state index in [2.05, 4.69) is 9.97 Å². The monoisotopic (exact) mass is 254 g/mol. The molecule has 0 aliphatic rings. The Morgan fingerprint density at radius 1 is 1.24 bits per heavy atom. The van der Waals surface area contributed by atoms with Gasteiger partial charge in [0.1, 0.15) is 5.82 Å². The Morgan fingerprint density at radius 2 is 2.00 bits per heavy atom. The highest BCUT2D eigenvalue weighted by atomic mass is 35.5. The van der Waals surface area contributed by atoms with Crippen molar-refractivity contribution in [2.24, 2.45) is 0 Å². The van der Waals surface area contributed by atoms with Crippen molar-refractivity contribution in [3.63, 3.8) is 0 Å². The molecule has 3 nitrogen and oxygen atoms in total. The fourth-order valence-corrected chi connectivity index (χ4v) is 1.80. The Kier molecular flexibility index (Phi) is 2.16. The van der Waals surface area contributed by atoms with E-state index in [4.69, 9.17) is 16.0 Å². The standard InChI is InChI=1S/C11H5ClF2N2O/c12-10-5(1-2-17-10)11-15-8-3-6(13)7(14)4-9(8)16-11/h1-4H,(H,15,16). The third-order valence-corrected chi connectivity index (χ3v) is 2.69. The van der Waals surface area contributed by atoms with Gasteiger partial charge in [0.15, 0.2) is 11.6 Å². The Balaban J connectivity index is 2.24. The first kappa shape index (κ1) is 10.3. The quantitative estimate of drug-likeness (QED) is 0.718. The van der Waals surface area contributed by atoms with Crippen LogP contribution >= 0.6 is 11.6 Å².